The number of hydrogen-bond donors (Lipinski definition) is 2. The molecule has 0 aliphatic carbocycles. The third kappa shape index (κ3) is 3.23. The van der Waals surface area contributed by atoms with Crippen molar-refractivity contribution >= 4 is 26.8 Å². The summed E-state index contributed by atoms with van der Waals surface area (Å²) in [5.41, 5.74) is -1.01. The highest BCUT2D eigenvalue weighted by Gasteiger charge is 2.39. The van der Waals surface area contributed by atoms with Crippen LogP contribution in [0, 0.1) is 0 Å². The van der Waals surface area contributed by atoms with E-state index in [-0.39, 0.29) is 17.1 Å². The Kier molecular flexibility index (Phi) is 4.06. The molecule has 25 heavy (non-hydrogen) atoms. The molecule has 1 aliphatic heterocycles. The largest absolute Gasteiger partial charge is 0.346 e. The number of rotatable bonds is 3. The van der Waals surface area contributed by atoms with Gasteiger partial charge in [-0.05, 0) is 38.5 Å². The van der Waals surface area contributed by atoms with Gasteiger partial charge >= 0.3 is 11.1 Å². The summed E-state index contributed by atoms with van der Waals surface area (Å²) in [6.07, 6.45) is 0.362. The van der Waals surface area contributed by atoms with Crippen LogP contribution in [-0.4, -0.2) is 40.9 Å². The maximum Gasteiger partial charge on any atom is 0.316 e. The highest BCUT2D eigenvalue weighted by molar-refractivity contribution is 7.91. The second-order valence-electron chi connectivity index (χ2n) is 6.59. The van der Waals surface area contributed by atoms with Crippen molar-refractivity contribution in [3.8, 4) is 0 Å². The minimum atomic E-state index is -3.14. The van der Waals surface area contributed by atoms with E-state index < -0.39 is 32.4 Å². The zero-order valence-corrected chi connectivity index (χ0v) is 14.8. The van der Waals surface area contributed by atoms with Crippen molar-refractivity contribution in [2.75, 3.05) is 11.5 Å². The summed E-state index contributed by atoms with van der Waals surface area (Å²) < 4.78 is 24.6. The minimum absolute atomic E-state index is 0.0532. The Morgan fingerprint density at radius 2 is 2.08 bits per heavy atom. The lowest BCUT2D eigenvalue weighted by Gasteiger charge is -2.24. The van der Waals surface area contributed by atoms with E-state index in [0.29, 0.717) is 24.0 Å². The molecule has 1 fully saturated rings. The lowest BCUT2D eigenvalue weighted by molar-refractivity contribution is 0.0915. The number of aromatic nitrogens is 2. The first-order valence-corrected chi connectivity index (χ1v) is 9.76. The average Bonchev–Trinajstić information content (AvgIpc) is 2.81. The van der Waals surface area contributed by atoms with Gasteiger partial charge in [-0.3, -0.25) is 14.4 Å². The normalized spacial score (nSPS) is 22.2. The fraction of sp³-hybridized carbons (Fsp3) is 0.438. The Morgan fingerprint density at radius 3 is 2.68 bits per heavy atom. The maximum atomic E-state index is 12.5. The molecule has 1 aliphatic rings. The Balaban J connectivity index is 1.97. The molecule has 2 heterocycles. The van der Waals surface area contributed by atoms with Gasteiger partial charge in [0.15, 0.2) is 9.84 Å². The first kappa shape index (κ1) is 17.4. The summed E-state index contributed by atoms with van der Waals surface area (Å²) in [4.78, 5) is 38.6. The van der Waals surface area contributed by atoms with Crippen molar-refractivity contribution in [1.82, 2.24) is 14.9 Å². The molecule has 9 heteroatoms. The molecule has 0 radical (unpaired) electrons. The summed E-state index contributed by atoms with van der Waals surface area (Å²) in [5.74, 6) is -0.458. The first-order valence-electron chi connectivity index (χ1n) is 7.94. The number of aryl methyl sites for hydroxylation is 1. The van der Waals surface area contributed by atoms with Crippen molar-refractivity contribution in [1.29, 1.82) is 0 Å². The van der Waals surface area contributed by atoms with Crippen molar-refractivity contribution in [3.05, 3.63) is 44.5 Å². The SMILES string of the molecule is CCn1c(=O)c(=O)[nH]c2cc(C(=O)NC3(C)CCS(=O)(=O)C3)ccc21. The lowest BCUT2D eigenvalue weighted by Crippen LogP contribution is -2.47. The molecule has 2 aromatic rings. The monoisotopic (exact) mass is 365 g/mol. The van der Waals surface area contributed by atoms with Gasteiger partial charge in [-0.1, -0.05) is 0 Å². The molecule has 1 amide bonds. The average molecular weight is 365 g/mol. The Bertz CT molecular complexity index is 1080. The van der Waals surface area contributed by atoms with Gasteiger partial charge in [0, 0.05) is 12.1 Å². The van der Waals surface area contributed by atoms with E-state index in [1.165, 1.54) is 10.6 Å². The fourth-order valence-corrected chi connectivity index (χ4v) is 5.28. The summed E-state index contributed by atoms with van der Waals surface area (Å²) in [6, 6.07) is 4.64. The van der Waals surface area contributed by atoms with Gasteiger partial charge in [-0.2, -0.15) is 0 Å². The summed E-state index contributed by atoms with van der Waals surface area (Å²) >= 11 is 0. The third-order valence-electron chi connectivity index (χ3n) is 4.47. The number of aromatic amines is 1. The summed E-state index contributed by atoms with van der Waals surface area (Å²) in [5, 5.41) is 2.77. The molecular formula is C16H19N3O5S. The number of fused-ring (bicyclic) bond motifs is 1. The second kappa shape index (κ2) is 5.83. The van der Waals surface area contributed by atoms with E-state index in [2.05, 4.69) is 10.3 Å². The molecular weight excluding hydrogens is 346 g/mol. The molecule has 0 bridgehead atoms. The zero-order valence-electron chi connectivity index (χ0n) is 14.0. The van der Waals surface area contributed by atoms with Crippen molar-refractivity contribution in [3.63, 3.8) is 0 Å². The van der Waals surface area contributed by atoms with Gasteiger partial charge in [0.1, 0.15) is 0 Å². The lowest BCUT2D eigenvalue weighted by atomic mass is 10.0. The molecule has 1 atom stereocenters. The number of hydrogen-bond acceptors (Lipinski definition) is 5. The van der Waals surface area contributed by atoms with Crippen molar-refractivity contribution in [2.45, 2.75) is 32.4 Å². The minimum Gasteiger partial charge on any atom is -0.346 e. The molecule has 1 unspecified atom stereocenters. The van der Waals surface area contributed by atoms with E-state index in [1.54, 1.807) is 26.0 Å². The number of carbonyl (C=O) groups excluding carboxylic acids is 1. The standard InChI is InChI=1S/C16H19N3O5S/c1-3-19-12-5-4-10(8-11(12)17-14(21)15(19)22)13(20)18-16(2)6-7-25(23,24)9-16/h4-5,8H,3,6-7,9H2,1-2H3,(H,17,21)(H,18,20). The van der Waals surface area contributed by atoms with Gasteiger partial charge in [-0.15, -0.1) is 0 Å². The van der Waals surface area contributed by atoms with Crippen molar-refractivity contribution < 1.29 is 13.2 Å². The van der Waals surface area contributed by atoms with E-state index in [9.17, 15) is 22.8 Å². The third-order valence-corrected chi connectivity index (χ3v) is 6.38. The topological polar surface area (TPSA) is 118 Å². The van der Waals surface area contributed by atoms with Gasteiger partial charge in [0.25, 0.3) is 5.91 Å². The maximum absolute atomic E-state index is 12.5. The number of nitrogens with one attached hydrogen (secondary N) is 2. The second-order valence-corrected chi connectivity index (χ2v) is 8.78. The van der Waals surface area contributed by atoms with Gasteiger partial charge in [0.05, 0.1) is 28.1 Å². The number of carbonyl (C=O) groups is 1. The number of benzene rings is 1. The van der Waals surface area contributed by atoms with E-state index in [0.717, 1.165) is 0 Å². The van der Waals surface area contributed by atoms with Crippen LogP contribution in [0.5, 0.6) is 0 Å². The molecule has 0 saturated carbocycles. The Hall–Kier alpha value is -2.42. The van der Waals surface area contributed by atoms with Crippen LogP contribution in [-0.2, 0) is 16.4 Å². The number of amides is 1. The van der Waals surface area contributed by atoms with Crippen LogP contribution < -0.4 is 16.4 Å². The van der Waals surface area contributed by atoms with E-state index in [1.807, 2.05) is 0 Å². The van der Waals surface area contributed by atoms with Crippen LogP contribution >= 0.6 is 0 Å². The van der Waals surface area contributed by atoms with Crippen LogP contribution in [0.4, 0.5) is 0 Å². The van der Waals surface area contributed by atoms with Crippen LogP contribution in [0.3, 0.4) is 0 Å². The Morgan fingerprint density at radius 1 is 1.36 bits per heavy atom. The predicted octanol–water partition coefficient (Wildman–Crippen LogP) is 0.0167. The van der Waals surface area contributed by atoms with Gasteiger partial charge in [-0.25, -0.2) is 8.42 Å². The molecule has 1 saturated heterocycles. The summed E-state index contributed by atoms with van der Waals surface area (Å²) in [7, 11) is -3.14. The summed E-state index contributed by atoms with van der Waals surface area (Å²) in [6.45, 7) is 3.79. The van der Waals surface area contributed by atoms with E-state index in [4.69, 9.17) is 0 Å². The van der Waals surface area contributed by atoms with Crippen LogP contribution in [0.15, 0.2) is 27.8 Å². The number of sulfone groups is 1. The predicted molar refractivity (Wildman–Crippen MR) is 93.6 cm³/mol. The smallest absolute Gasteiger partial charge is 0.316 e. The van der Waals surface area contributed by atoms with Crippen LogP contribution in [0.2, 0.25) is 0 Å². The molecule has 8 nitrogen and oxygen atoms in total. The van der Waals surface area contributed by atoms with Crippen molar-refractivity contribution in [2.24, 2.45) is 0 Å². The molecule has 1 aromatic carbocycles. The molecule has 0 spiro atoms. The molecule has 1 aromatic heterocycles. The van der Waals surface area contributed by atoms with Crippen LogP contribution in [0.25, 0.3) is 11.0 Å². The van der Waals surface area contributed by atoms with Gasteiger partial charge in [0.2, 0.25) is 0 Å². The fourth-order valence-electron chi connectivity index (χ4n) is 3.19. The Labute approximate surface area is 143 Å². The highest BCUT2D eigenvalue weighted by atomic mass is 32.2. The molecule has 2 N–H and O–H groups in total. The first-order chi connectivity index (χ1) is 11.6. The van der Waals surface area contributed by atoms with Crippen LogP contribution in [0.1, 0.15) is 30.6 Å². The molecule has 134 valence electrons. The number of nitrogens with zero attached hydrogens (tertiary/aromatic N) is 1. The molecule has 3 rings (SSSR count). The zero-order chi connectivity index (χ0) is 18.4. The quantitative estimate of drug-likeness (QED) is 0.743. The highest BCUT2D eigenvalue weighted by Crippen LogP contribution is 2.23. The van der Waals surface area contributed by atoms with E-state index >= 15 is 0 Å². The van der Waals surface area contributed by atoms with Gasteiger partial charge < -0.3 is 14.9 Å². The number of H-pyrrole nitrogens is 1.